The first-order chi connectivity index (χ1) is 15.8. The number of hydrogen-bond donors (Lipinski definition) is 1. The van der Waals surface area contributed by atoms with Crippen LogP contribution in [0, 0.1) is 0 Å². The van der Waals surface area contributed by atoms with Crippen LogP contribution in [0.3, 0.4) is 0 Å². The molecule has 33 heavy (non-hydrogen) atoms. The smallest absolute Gasteiger partial charge is 0.244 e. The highest BCUT2D eigenvalue weighted by molar-refractivity contribution is 7.89. The molecule has 0 aliphatic carbocycles. The standard InChI is InChI=1S/C25H23N3O4S/c1-27(17-19-7-3-2-4-8-19)33(31,32)21-13-11-20(12-14-21)26-25(30)18-28-16-15-24(29)22-9-5-6-10-23(22)28/h2-16H,17-18H2,1H3,(H,26,30). The average molecular weight is 462 g/mol. The van der Waals surface area contributed by atoms with Crippen LogP contribution >= 0.6 is 0 Å². The molecule has 0 saturated carbocycles. The van der Waals surface area contributed by atoms with Crippen LogP contribution in [0.1, 0.15) is 5.56 Å². The maximum absolute atomic E-state index is 12.9. The largest absolute Gasteiger partial charge is 0.338 e. The lowest BCUT2D eigenvalue weighted by atomic mass is 10.2. The van der Waals surface area contributed by atoms with Crippen molar-refractivity contribution in [2.75, 3.05) is 12.4 Å². The van der Waals surface area contributed by atoms with Gasteiger partial charge in [0.05, 0.1) is 10.4 Å². The quantitative estimate of drug-likeness (QED) is 0.457. The lowest BCUT2D eigenvalue weighted by Gasteiger charge is -2.17. The van der Waals surface area contributed by atoms with Crippen LogP contribution in [0.15, 0.2) is 101 Å². The number of fused-ring (bicyclic) bond motifs is 1. The van der Waals surface area contributed by atoms with E-state index in [9.17, 15) is 18.0 Å². The average Bonchev–Trinajstić information content (AvgIpc) is 2.82. The Hall–Kier alpha value is -3.75. The van der Waals surface area contributed by atoms with Crippen molar-refractivity contribution < 1.29 is 13.2 Å². The fourth-order valence-electron chi connectivity index (χ4n) is 3.57. The highest BCUT2D eigenvalue weighted by Crippen LogP contribution is 2.19. The fraction of sp³-hybridized carbons (Fsp3) is 0.120. The van der Waals surface area contributed by atoms with Gasteiger partial charge < -0.3 is 9.88 Å². The van der Waals surface area contributed by atoms with Gasteiger partial charge in [-0.3, -0.25) is 9.59 Å². The van der Waals surface area contributed by atoms with Crippen molar-refractivity contribution in [1.82, 2.24) is 8.87 Å². The number of pyridine rings is 1. The van der Waals surface area contributed by atoms with Crippen LogP contribution in [-0.2, 0) is 27.9 Å². The van der Waals surface area contributed by atoms with Gasteiger partial charge in [-0.25, -0.2) is 8.42 Å². The number of benzene rings is 3. The second-order valence-corrected chi connectivity index (χ2v) is 9.69. The molecule has 1 N–H and O–H groups in total. The molecular formula is C25H23N3O4S. The summed E-state index contributed by atoms with van der Waals surface area (Å²) in [6, 6.07) is 23.9. The summed E-state index contributed by atoms with van der Waals surface area (Å²) >= 11 is 0. The zero-order valence-electron chi connectivity index (χ0n) is 18.0. The van der Waals surface area contributed by atoms with Gasteiger partial charge >= 0.3 is 0 Å². The van der Waals surface area contributed by atoms with E-state index in [0.29, 0.717) is 16.6 Å². The van der Waals surface area contributed by atoms with Crippen molar-refractivity contribution >= 4 is 32.5 Å². The molecule has 168 valence electrons. The van der Waals surface area contributed by atoms with Crippen LogP contribution in [0.5, 0.6) is 0 Å². The normalized spacial score (nSPS) is 11.6. The number of anilines is 1. The minimum absolute atomic E-state index is 0.0145. The van der Waals surface area contributed by atoms with Gasteiger partial charge in [-0.05, 0) is 42.0 Å². The number of sulfonamides is 1. The molecule has 8 heteroatoms. The Morgan fingerprint density at radius 2 is 1.58 bits per heavy atom. The third kappa shape index (κ3) is 5.02. The Morgan fingerprint density at radius 1 is 0.909 bits per heavy atom. The fourth-order valence-corrected chi connectivity index (χ4v) is 4.73. The lowest BCUT2D eigenvalue weighted by molar-refractivity contribution is -0.116. The molecule has 0 unspecified atom stereocenters. The molecule has 0 spiro atoms. The van der Waals surface area contributed by atoms with E-state index in [-0.39, 0.29) is 29.3 Å². The number of para-hydroxylation sites is 1. The predicted octanol–water partition coefficient (Wildman–Crippen LogP) is 3.46. The van der Waals surface area contributed by atoms with Crippen LogP contribution in [0.2, 0.25) is 0 Å². The first-order valence-corrected chi connectivity index (χ1v) is 11.8. The number of nitrogens with one attached hydrogen (secondary N) is 1. The van der Waals surface area contributed by atoms with E-state index >= 15 is 0 Å². The van der Waals surface area contributed by atoms with Crippen molar-refractivity contribution in [2.45, 2.75) is 18.0 Å². The lowest BCUT2D eigenvalue weighted by Crippen LogP contribution is -2.26. The second kappa shape index (κ2) is 9.40. The highest BCUT2D eigenvalue weighted by atomic mass is 32.2. The molecule has 0 aliphatic rings. The Bertz CT molecular complexity index is 1450. The van der Waals surface area contributed by atoms with Gasteiger partial charge in [0.15, 0.2) is 5.43 Å². The van der Waals surface area contributed by atoms with Crippen molar-refractivity contribution in [2.24, 2.45) is 0 Å². The van der Waals surface area contributed by atoms with Crippen LogP contribution in [-0.4, -0.2) is 30.2 Å². The summed E-state index contributed by atoms with van der Waals surface area (Å²) in [5.41, 5.74) is 1.94. The van der Waals surface area contributed by atoms with E-state index in [1.807, 2.05) is 36.4 Å². The summed E-state index contributed by atoms with van der Waals surface area (Å²) in [6.45, 7) is 0.273. The van der Waals surface area contributed by atoms with Gasteiger partial charge in [0.1, 0.15) is 6.54 Å². The molecule has 0 radical (unpaired) electrons. The summed E-state index contributed by atoms with van der Waals surface area (Å²) in [4.78, 5) is 24.7. The van der Waals surface area contributed by atoms with E-state index in [0.717, 1.165) is 5.56 Å². The molecule has 0 atom stereocenters. The van der Waals surface area contributed by atoms with E-state index in [1.165, 1.54) is 29.6 Å². The minimum Gasteiger partial charge on any atom is -0.338 e. The van der Waals surface area contributed by atoms with Gasteiger partial charge in [-0.1, -0.05) is 42.5 Å². The number of carbonyl (C=O) groups is 1. The summed E-state index contributed by atoms with van der Waals surface area (Å²) < 4.78 is 28.7. The molecule has 0 aliphatic heterocycles. The molecule has 1 aromatic heterocycles. The molecule has 0 fully saturated rings. The number of amides is 1. The molecule has 4 rings (SSSR count). The van der Waals surface area contributed by atoms with Crippen LogP contribution in [0.25, 0.3) is 10.9 Å². The topological polar surface area (TPSA) is 88.5 Å². The third-order valence-corrected chi connectivity index (χ3v) is 7.11. The molecule has 0 bridgehead atoms. The Balaban J connectivity index is 1.45. The molecule has 0 saturated heterocycles. The first-order valence-electron chi connectivity index (χ1n) is 10.3. The number of aromatic nitrogens is 1. The van der Waals surface area contributed by atoms with Crippen molar-refractivity contribution in [3.8, 4) is 0 Å². The molecule has 1 amide bonds. The van der Waals surface area contributed by atoms with Gasteiger partial charge in [0.2, 0.25) is 15.9 Å². The molecule has 3 aromatic carbocycles. The number of hydrogen-bond acceptors (Lipinski definition) is 4. The first kappa shape index (κ1) is 22.4. The zero-order valence-corrected chi connectivity index (χ0v) is 18.8. The molecule has 1 heterocycles. The molecule has 4 aromatic rings. The SMILES string of the molecule is CN(Cc1ccccc1)S(=O)(=O)c1ccc(NC(=O)Cn2ccc(=O)c3ccccc32)cc1. The number of carbonyl (C=O) groups excluding carboxylic acids is 1. The summed E-state index contributed by atoms with van der Waals surface area (Å²) in [5, 5.41) is 3.31. The third-order valence-electron chi connectivity index (χ3n) is 5.29. The Labute approximate surface area is 192 Å². The summed E-state index contributed by atoms with van der Waals surface area (Å²) in [7, 11) is -2.14. The second-order valence-electron chi connectivity index (χ2n) is 7.64. The van der Waals surface area contributed by atoms with Crippen molar-refractivity contribution in [3.05, 3.63) is 107 Å². The number of rotatable bonds is 7. The Kier molecular flexibility index (Phi) is 6.39. The van der Waals surface area contributed by atoms with E-state index in [1.54, 1.807) is 41.1 Å². The van der Waals surface area contributed by atoms with E-state index in [4.69, 9.17) is 0 Å². The maximum Gasteiger partial charge on any atom is 0.244 e. The highest BCUT2D eigenvalue weighted by Gasteiger charge is 2.21. The van der Waals surface area contributed by atoms with Gasteiger partial charge in [0.25, 0.3) is 0 Å². The summed E-state index contributed by atoms with van der Waals surface area (Å²) in [5.74, 6) is -0.291. The van der Waals surface area contributed by atoms with E-state index < -0.39 is 10.0 Å². The van der Waals surface area contributed by atoms with E-state index in [2.05, 4.69) is 5.32 Å². The Morgan fingerprint density at radius 3 is 2.30 bits per heavy atom. The van der Waals surface area contributed by atoms with Gasteiger partial charge in [0, 0.05) is 36.9 Å². The maximum atomic E-state index is 12.9. The molecule has 7 nitrogen and oxygen atoms in total. The van der Waals surface area contributed by atoms with Crippen molar-refractivity contribution in [1.29, 1.82) is 0 Å². The zero-order chi connectivity index (χ0) is 23.4. The minimum atomic E-state index is -3.67. The van der Waals surface area contributed by atoms with Gasteiger partial charge in [-0.2, -0.15) is 4.31 Å². The predicted molar refractivity (Wildman–Crippen MR) is 128 cm³/mol. The number of nitrogens with zero attached hydrogens (tertiary/aromatic N) is 2. The summed E-state index contributed by atoms with van der Waals surface area (Å²) in [6.07, 6.45) is 1.59. The molecular weight excluding hydrogens is 438 g/mol. The van der Waals surface area contributed by atoms with Crippen molar-refractivity contribution in [3.63, 3.8) is 0 Å². The van der Waals surface area contributed by atoms with Gasteiger partial charge in [-0.15, -0.1) is 0 Å². The van der Waals surface area contributed by atoms with Crippen LogP contribution < -0.4 is 10.7 Å². The monoisotopic (exact) mass is 461 g/mol. The van der Waals surface area contributed by atoms with Crippen LogP contribution in [0.4, 0.5) is 5.69 Å².